The number of benzene rings is 1. The van der Waals surface area contributed by atoms with Crippen LogP contribution in [0, 0.1) is 5.82 Å². The van der Waals surface area contributed by atoms with Gasteiger partial charge in [0.15, 0.2) is 0 Å². The third-order valence-electron chi connectivity index (χ3n) is 4.27. The van der Waals surface area contributed by atoms with E-state index in [4.69, 9.17) is 5.11 Å². The molecule has 0 amide bonds. The number of pyridine rings is 1. The Morgan fingerprint density at radius 2 is 2.05 bits per heavy atom. The van der Waals surface area contributed by atoms with Crippen LogP contribution in [-0.2, 0) is 5.41 Å². The third kappa shape index (κ3) is 1.81. The SMILES string of the molecule is CC1(c2cc3[nH]c(=O)c(C(=O)O)cc3cc2F)CCC1. The van der Waals surface area contributed by atoms with Gasteiger partial charge in [0, 0.05) is 10.9 Å². The monoisotopic (exact) mass is 275 g/mol. The van der Waals surface area contributed by atoms with E-state index in [0.717, 1.165) is 19.3 Å². The summed E-state index contributed by atoms with van der Waals surface area (Å²) in [7, 11) is 0. The second-order valence-electron chi connectivity index (χ2n) is 5.65. The van der Waals surface area contributed by atoms with E-state index < -0.39 is 11.5 Å². The van der Waals surface area contributed by atoms with Crippen LogP contribution in [0.4, 0.5) is 4.39 Å². The molecule has 0 unspecified atom stereocenters. The van der Waals surface area contributed by atoms with Crippen molar-refractivity contribution in [2.24, 2.45) is 0 Å². The zero-order valence-electron chi connectivity index (χ0n) is 11.0. The molecule has 5 heteroatoms. The molecule has 1 aliphatic rings. The quantitative estimate of drug-likeness (QED) is 0.885. The number of nitrogens with one attached hydrogen (secondary N) is 1. The van der Waals surface area contributed by atoms with Gasteiger partial charge in [0.2, 0.25) is 0 Å². The standard InChI is InChI=1S/C15H14FNO3/c1-15(3-2-4-15)10-7-12-8(6-11(10)16)5-9(14(19)20)13(18)17-12/h5-7H,2-4H2,1H3,(H,17,18)(H,19,20). The van der Waals surface area contributed by atoms with Crippen LogP contribution in [-0.4, -0.2) is 16.1 Å². The highest BCUT2D eigenvalue weighted by Crippen LogP contribution is 2.44. The average molecular weight is 275 g/mol. The molecule has 104 valence electrons. The molecule has 1 fully saturated rings. The van der Waals surface area contributed by atoms with Crippen molar-refractivity contribution in [1.29, 1.82) is 0 Å². The van der Waals surface area contributed by atoms with Gasteiger partial charge in [-0.15, -0.1) is 0 Å². The largest absolute Gasteiger partial charge is 0.477 e. The van der Waals surface area contributed by atoms with E-state index in [1.54, 1.807) is 6.07 Å². The average Bonchev–Trinajstić information content (AvgIpc) is 2.35. The predicted molar refractivity (Wildman–Crippen MR) is 72.7 cm³/mol. The fraction of sp³-hybridized carbons (Fsp3) is 0.333. The topological polar surface area (TPSA) is 70.2 Å². The molecule has 3 rings (SSSR count). The molecule has 0 spiro atoms. The number of aromatic nitrogens is 1. The molecule has 4 nitrogen and oxygen atoms in total. The van der Waals surface area contributed by atoms with Crippen LogP contribution in [0.1, 0.15) is 42.1 Å². The number of H-pyrrole nitrogens is 1. The number of carbonyl (C=O) groups is 1. The van der Waals surface area contributed by atoms with Crippen molar-refractivity contribution in [2.75, 3.05) is 0 Å². The van der Waals surface area contributed by atoms with E-state index >= 15 is 0 Å². The van der Waals surface area contributed by atoms with Crippen molar-refractivity contribution in [3.63, 3.8) is 0 Å². The Kier molecular flexibility index (Phi) is 2.67. The van der Waals surface area contributed by atoms with Crippen LogP contribution in [0.25, 0.3) is 10.9 Å². The lowest BCUT2D eigenvalue weighted by atomic mass is 9.66. The lowest BCUT2D eigenvalue weighted by Gasteiger charge is -2.39. The molecule has 1 heterocycles. The van der Waals surface area contributed by atoms with Crippen LogP contribution in [0.15, 0.2) is 23.0 Å². The van der Waals surface area contributed by atoms with Crippen LogP contribution < -0.4 is 5.56 Å². The zero-order valence-corrected chi connectivity index (χ0v) is 11.0. The Balaban J connectivity index is 2.24. The van der Waals surface area contributed by atoms with Crippen LogP contribution in [0.5, 0.6) is 0 Å². The van der Waals surface area contributed by atoms with Crippen molar-refractivity contribution in [2.45, 2.75) is 31.6 Å². The summed E-state index contributed by atoms with van der Waals surface area (Å²) in [5.74, 6) is -1.66. The Morgan fingerprint density at radius 1 is 1.35 bits per heavy atom. The summed E-state index contributed by atoms with van der Waals surface area (Å²) < 4.78 is 14.2. The summed E-state index contributed by atoms with van der Waals surface area (Å²) >= 11 is 0. The van der Waals surface area contributed by atoms with Gasteiger partial charge >= 0.3 is 5.97 Å². The Morgan fingerprint density at radius 3 is 2.60 bits per heavy atom. The summed E-state index contributed by atoms with van der Waals surface area (Å²) in [4.78, 5) is 25.1. The lowest BCUT2D eigenvalue weighted by molar-refractivity contribution is 0.0695. The molecular weight excluding hydrogens is 261 g/mol. The first-order valence-corrected chi connectivity index (χ1v) is 6.51. The lowest BCUT2D eigenvalue weighted by Crippen LogP contribution is -2.31. The van der Waals surface area contributed by atoms with Crippen LogP contribution in [0.3, 0.4) is 0 Å². The predicted octanol–water partition coefficient (Wildman–Crippen LogP) is 2.81. The van der Waals surface area contributed by atoms with Crippen molar-refractivity contribution in [1.82, 2.24) is 4.98 Å². The number of halogens is 1. The van der Waals surface area contributed by atoms with Crippen molar-refractivity contribution >= 4 is 16.9 Å². The maximum atomic E-state index is 14.2. The fourth-order valence-corrected chi connectivity index (χ4v) is 2.82. The van der Waals surface area contributed by atoms with Gasteiger partial charge in [0.25, 0.3) is 5.56 Å². The summed E-state index contributed by atoms with van der Waals surface area (Å²) in [5, 5.41) is 9.31. The van der Waals surface area contributed by atoms with E-state index in [2.05, 4.69) is 4.98 Å². The number of aromatic carboxylic acids is 1. The fourth-order valence-electron chi connectivity index (χ4n) is 2.82. The molecule has 0 bridgehead atoms. The summed E-state index contributed by atoms with van der Waals surface area (Å²) in [6, 6.07) is 4.15. The van der Waals surface area contributed by atoms with Gasteiger partial charge < -0.3 is 10.1 Å². The van der Waals surface area contributed by atoms with E-state index in [9.17, 15) is 14.0 Å². The molecule has 0 aliphatic heterocycles. The van der Waals surface area contributed by atoms with Gasteiger partial charge in [-0.25, -0.2) is 9.18 Å². The molecule has 1 aromatic carbocycles. The van der Waals surface area contributed by atoms with Gasteiger partial charge in [-0.2, -0.15) is 0 Å². The van der Waals surface area contributed by atoms with Gasteiger partial charge in [-0.1, -0.05) is 13.3 Å². The normalized spacial score (nSPS) is 16.9. The molecule has 0 atom stereocenters. The van der Waals surface area contributed by atoms with Gasteiger partial charge in [0.1, 0.15) is 11.4 Å². The second-order valence-corrected chi connectivity index (χ2v) is 5.65. The number of fused-ring (bicyclic) bond motifs is 1. The third-order valence-corrected chi connectivity index (χ3v) is 4.27. The number of rotatable bonds is 2. The molecule has 0 radical (unpaired) electrons. The number of hydrogen-bond donors (Lipinski definition) is 2. The minimum absolute atomic E-state index is 0.180. The van der Waals surface area contributed by atoms with Crippen LogP contribution in [0.2, 0.25) is 0 Å². The van der Waals surface area contributed by atoms with E-state index in [1.807, 2.05) is 6.92 Å². The Bertz CT molecular complexity index is 775. The highest BCUT2D eigenvalue weighted by Gasteiger charge is 2.36. The minimum Gasteiger partial charge on any atom is -0.477 e. The first kappa shape index (κ1) is 12.8. The second kappa shape index (κ2) is 4.16. The van der Waals surface area contributed by atoms with E-state index in [0.29, 0.717) is 16.5 Å². The molecule has 2 N–H and O–H groups in total. The highest BCUT2D eigenvalue weighted by atomic mass is 19.1. The van der Waals surface area contributed by atoms with E-state index in [1.165, 1.54) is 12.1 Å². The molecule has 1 aliphatic carbocycles. The van der Waals surface area contributed by atoms with Crippen molar-refractivity contribution in [3.05, 3.63) is 45.5 Å². The first-order chi connectivity index (χ1) is 9.40. The minimum atomic E-state index is -1.32. The molecular formula is C15H14FNO3. The summed E-state index contributed by atoms with van der Waals surface area (Å²) in [6.07, 6.45) is 2.92. The molecule has 0 saturated heterocycles. The summed E-state index contributed by atoms with van der Waals surface area (Å²) in [5.41, 5.74) is -0.152. The smallest absolute Gasteiger partial charge is 0.341 e. The number of carboxylic acid groups (broad SMARTS) is 1. The van der Waals surface area contributed by atoms with Crippen LogP contribution >= 0.6 is 0 Å². The molecule has 1 saturated carbocycles. The van der Waals surface area contributed by atoms with Crippen molar-refractivity contribution < 1.29 is 14.3 Å². The highest BCUT2D eigenvalue weighted by molar-refractivity contribution is 5.92. The number of hydrogen-bond acceptors (Lipinski definition) is 2. The van der Waals surface area contributed by atoms with Crippen molar-refractivity contribution in [3.8, 4) is 0 Å². The Hall–Kier alpha value is -2.17. The molecule has 1 aromatic heterocycles. The first-order valence-electron chi connectivity index (χ1n) is 6.51. The summed E-state index contributed by atoms with van der Waals surface area (Å²) in [6.45, 7) is 2.00. The maximum Gasteiger partial charge on any atom is 0.341 e. The molecule has 20 heavy (non-hydrogen) atoms. The number of aromatic amines is 1. The van der Waals surface area contributed by atoms with Gasteiger partial charge in [0.05, 0.1) is 0 Å². The van der Waals surface area contributed by atoms with Gasteiger partial charge in [-0.3, -0.25) is 4.79 Å². The van der Waals surface area contributed by atoms with Gasteiger partial charge in [-0.05, 0) is 42.0 Å². The number of carboxylic acids is 1. The van der Waals surface area contributed by atoms with E-state index in [-0.39, 0.29) is 16.8 Å². The maximum absolute atomic E-state index is 14.2. The molecule has 2 aromatic rings. The Labute approximate surface area is 114 Å². The zero-order chi connectivity index (χ0) is 14.5.